The number of furan rings is 1. The molecule has 0 aliphatic heterocycles. The van der Waals surface area contributed by atoms with E-state index in [1.54, 1.807) is 12.1 Å². The van der Waals surface area contributed by atoms with Crippen molar-refractivity contribution in [3.8, 4) is 0 Å². The maximum Gasteiger partial charge on any atom is 0.416 e. The minimum absolute atomic E-state index is 0.0176. The van der Waals surface area contributed by atoms with E-state index in [1.165, 1.54) is 24.5 Å². The Labute approximate surface area is 150 Å². The Bertz CT molecular complexity index is 740. The second-order valence-corrected chi connectivity index (χ2v) is 6.82. The van der Waals surface area contributed by atoms with Gasteiger partial charge in [-0.3, -0.25) is 4.79 Å². The fourth-order valence-electron chi connectivity index (χ4n) is 3.54. The van der Waals surface area contributed by atoms with Crippen molar-refractivity contribution in [3.05, 3.63) is 59.5 Å². The molecule has 1 N–H and O–H groups in total. The number of carbonyl (C=O) groups is 1. The Morgan fingerprint density at radius 1 is 1.27 bits per heavy atom. The molecule has 3 rings (SSSR count). The summed E-state index contributed by atoms with van der Waals surface area (Å²) in [6, 6.07) is 7.90. The van der Waals surface area contributed by atoms with Gasteiger partial charge in [0, 0.05) is 0 Å². The molecular weight excluding hydrogens is 343 g/mol. The van der Waals surface area contributed by atoms with Gasteiger partial charge in [-0.25, -0.2) is 0 Å². The summed E-state index contributed by atoms with van der Waals surface area (Å²) in [6.45, 7) is 2.09. The monoisotopic (exact) mass is 365 g/mol. The highest BCUT2D eigenvalue weighted by Crippen LogP contribution is 2.51. The lowest BCUT2D eigenvalue weighted by Crippen LogP contribution is -2.31. The van der Waals surface area contributed by atoms with Crippen LogP contribution in [0.2, 0.25) is 0 Å². The number of rotatable bonds is 7. The molecule has 1 unspecified atom stereocenters. The molecule has 1 fully saturated rings. The maximum atomic E-state index is 13.5. The van der Waals surface area contributed by atoms with Gasteiger partial charge in [-0.15, -0.1) is 0 Å². The fraction of sp³-hybridized carbons (Fsp3) is 0.450. The zero-order valence-corrected chi connectivity index (χ0v) is 14.6. The number of hydrogen-bond donors (Lipinski definition) is 1. The van der Waals surface area contributed by atoms with Crippen molar-refractivity contribution in [2.24, 2.45) is 11.8 Å². The van der Waals surface area contributed by atoms with Crippen LogP contribution in [0.15, 0.2) is 47.1 Å². The Hall–Kier alpha value is -2.24. The van der Waals surface area contributed by atoms with E-state index < -0.39 is 23.7 Å². The van der Waals surface area contributed by atoms with Crippen molar-refractivity contribution in [2.75, 3.05) is 0 Å². The summed E-state index contributed by atoms with van der Waals surface area (Å²) in [5.41, 5.74) is -0.560. The summed E-state index contributed by atoms with van der Waals surface area (Å²) < 4.78 is 45.5. The summed E-state index contributed by atoms with van der Waals surface area (Å²) in [6.07, 6.45) is 0.803. The van der Waals surface area contributed by atoms with Crippen LogP contribution in [0, 0.1) is 11.8 Å². The molecule has 1 aliphatic carbocycles. The zero-order chi connectivity index (χ0) is 18.7. The van der Waals surface area contributed by atoms with Crippen molar-refractivity contribution < 1.29 is 22.4 Å². The predicted octanol–water partition coefficient (Wildman–Crippen LogP) is 5.60. The molecule has 0 spiro atoms. The Balaban J connectivity index is 1.88. The molecule has 1 aromatic heterocycles. The van der Waals surface area contributed by atoms with E-state index in [0.717, 1.165) is 31.7 Å². The van der Waals surface area contributed by atoms with Crippen LogP contribution >= 0.6 is 0 Å². The smallest absolute Gasteiger partial charge is 0.416 e. The van der Waals surface area contributed by atoms with Gasteiger partial charge < -0.3 is 9.73 Å². The van der Waals surface area contributed by atoms with Gasteiger partial charge in [0.15, 0.2) is 5.76 Å². The lowest BCUT2D eigenvalue weighted by molar-refractivity contribution is -0.138. The third-order valence-corrected chi connectivity index (χ3v) is 4.97. The first kappa shape index (κ1) is 18.5. The largest absolute Gasteiger partial charge is 0.459 e. The second kappa shape index (κ2) is 7.56. The number of halogens is 3. The van der Waals surface area contributed by atoms with E-state index in [1.807, 2.05) is 0 Å². The highest BCUT2D eigenvalue weighted by molar-refractivity contribution is 5.91. The Kier molecular flexibility index (Phi) is 5.39. The van der Waals surface area contributed by atoms with Crippen molar-refractivity contribution in [3.63, 3.8) is 0 Å². The normalized spacial score (nSPS) is 20.6. The molecule has 1 saturated carbocycles. The summed E-state index contributed by atoms with van der Waals surface area (Å²) in [5.74, 6) is -0.0227. The average molecular weight is 365 g/mol. The first-order valence-electron chi connectivity index (χ1n) is 8.92. The fourth-order valence-corrected chi connectivity index (χ4v) is 3.54. The first-order valence-corrected chi connectivity index (χ1v) is 8.92. The van der Waals surface area contributed by atoms with E-state index in [-0.39, 0.29) is 17.2 Å². The first-order chi connectivity index (χ1) is 12.4. The SMILES string of the molecule is CCCC[C@@H]1C[C@H]1C(NC(=O)c1ccco1)c1ccccc1C(F)(F)F. The highest BCUT2D eigenvalue weighted by atomic mass is 19.4. The van der Waals surface area contributed by atoms with E-state index in [9.17, 15) is 18.0 Å². The van der Waals surface area contributed by atoms with Gasteiger partial charge in [0.05, 0.1) is 17.9 Å². The summed E-state index contributed by atoms with van der Waals surface area (Å²) in [7, 11) is 0. The van der Waals surface area contributed by atoms with Gasteiger partial charge in [-0.05, 0) is 42.0 Å². The third-order valence-electron chi connectivity index (χ3n) is 4.97. The minimum Gasteiger partial charge on any atom is -0.459 e. The molecule has 140 valence electrons. The van der Waals surface area contributed by atoms with E-state index in [4.69, 9.17) is 4.42 Å². The molecule has 1 amide bonds. The molecule has 0 radical (unpaired) electrons. The van der Waals surface area contributed by atoms with Crippen LogP contribution in [0.5, 0.6) is 0 Å². The topological polar surface area (TPSA) is 42.2 Å². The molecule has 3 atom stereocenters. The number of nitrogens with one attached hydrogen (secondary N) is 1. The van der Waals surface area contributed by atoms with E-state index in [2.05, 4.69) is 12.2 Å². The lowest BCUT2D eigenvalue weighted by atomic mass is 9.94. The zero-order valence-electron chi connectivity index (χ0n) is 14.6. The maximum absolute atomic E-state index is 13.5. The average Bonchev–Trinajstić information content (AvgIpc) is 3.15. The van der Waals surface area contributed by atoms with Crippen LogP contribution in [0.25, 0.3) is 0 Å². The number of alkyl halides is 3. The predicted molar refractivity (Wildman–Crippen MR) is 91.5 cm³/mol. The van der Waals surface area contributed by atoms with Gasteiger partial charge >= 0.3 is 6.18 Å². The Morgan fingerprint density at radius 3 is 2.69 bits per heavy atom. The molecule has 6 heteroatoms. The highest BCUT2D eigenvalue weighted by Gasteiger charge is 2.46. The second-order valence-electron chi connectivity index (χ2n) is 6.82. The molecule has 1 heterocycles. The minimum atomic E-state index is -4.46. The number of hydrogen-bond acceptors (Lipinski definition) is 2. The van der Waals surface area contributed by atoms with Gasteiger partial charge in [0.25, 0.3) is 5.91 Å². The number of benzene rings is 1. The number of amides is 1. The van der Waals surface area contributed by atoms with Crippen molar-refractivity contribution in [1.29, 1.82) is 0 Å². The van der Waals surface area contributed by atoms with Gasteiger partial charge in [-0.2, -0.15) is 13.2 Å². The van der Waals surface area contributed by atoms with Gasteiger partial charge in [-0.1, -0.05) is 44.4 Å². The molecule has 1 aromatic carbocycles. The quantitative estimate of drug-likeness (QED) is 0.694. The molecular formula is C20H22F3NO2. The molecule has 0 saturated heterocycles. The summed E-state index contributed by atoms with van der Waals surface area (Å²) in [5, 5.41) is 2.78. The number of carbonyl (C=O) groups excluding carboxylic acids is 1. The van der Waals surface area contributed by atoms with Gasteiger partial charge in [0.1, 0.15) is 0 Å². The van der Waals surface area contributed by atoms with Crippen LogP contribution in [0.4, 0.5) is 13.2 Å². The third kappa shape index (κ3) is 4.11. The van der Waals surface area contributed by atoms with Crippen LogP contribution in [-0.4, -0.2) is 5.91 Å². The van der Waals surface area contributed by atoms with E-state index >= 15 is 0 Å². The lowest BCUT2D eigenvalue weighted by Gasteiger charge is -2.23. The molecule has 0 bridgehead atoms. The van der Waals surface area contributed by atoms with Crippen molar-refractivity contribution >= 4 is 5.91 Å². The molecule has 3 nitrogen and oxygen atoms in total. The van der Waals surface area contributed by atoms with Crippen molar-refractivity contribution in [2.45, 2.75) is 44.8 Å². The summed E-state index contributed by atoms with van der Waals surface area (Å²) in [4.78, 5) is 12.4. The van der Waals surface area contributed by atoms with E-state index in [0.29, 0.717) is 5.92 Å². The van der Waals surface area contributed by atoms with Gasteiger partial charge in [0.2, 0.25) is 0 Å². The molecule has 1 aliphatic rings. The molecule has 2 aromatic rings. The Morgan fingerprint density at radius 2 is 2.04 bits per heavy atom. The number of unbranched alkanes of at least 4 members (excludes halogenated alkanes) is 1. The summed E-state index contributed by atoms with van der Waals surface area (Å²) >= 11 is 0. The standard InChI is InChI=1S/C20H22F3NO2/c1-2-3-7-13-12-15(13)18(24-19(25)17-10-6-11-26-17)14-8-4-5-9-16(14)20(21,22)23/h4-6,8-11,13,15,18H,2-3,7,12H2,1H3,(H,24,25)/t13-,15-,18?/m1/s1. The molecule has 26 heavy (non-hydrogen) atoms. The van der Waals surface area contributed by atoms with Crippen LogP contribution in [0.1, 0.15) is 60.3 Å². The van der Waals surface area contributed by atoms with Crippen molar-refractivity contribution in [1.82, 2.24) is 5.32 Å². The van der Waals surface area contributed by atoms with Crippen LogP contribution in [0.3, 0.4) is 0 Å². The van der Waals surface area contributed by atoms with Crippen LogP contribution < -0.4 is 5.32 Å². The van der Waals surface area contributed by atoms with Crippen LogP contribution in [-0.2, 0) is 6.18 Å².